The number of hydrogen-bond donors (Lipinski definition) is 1. The summed E-state index contributed by atoms with van der Waals surface area (Å²) in [4.78, 5) is 1.50. The Bertz CT molecular complexity index is 205. The van der Waals surface area contributed by atoms with Gasteiger partial charge in [0.25, 0.3) is 0 Å². The van der Waals surface area contributed by atoms with Crippen LogP contribution in [0.5, 0.6) is 0 Å². The zero-order valence-corrected chi connectivity index (χ0v) is 12.0. The molecule has 0 bridgehead atoms. The third-order valence-electron chi connectivity index (χ3n) is 2.89. The van der Waals surface area contributed by atoms with Crippen molar-refractivity contribution in [3.05, 3.63) is 0 Å². The largest absolute Gasteiger partial charge is 0.401 e. The molecule has 2 nitrogen and oxygen atoms in total. The topological polar surface area (TPSA) is 15.3 Å². The number of nitrogens with one attached hydrogen (secondary N) is 1. The van der Waals surface area contributed by atoms with E-state index in [0.29, 0.717) is 6.54 Å². The molecule has 0 amide bonds. The molecule has 5 heteroatoms. The van der Waals surface area contributed by atoms with E-state index in [2.05, 4.69) is 19.2 Å². The molecule has 0 heterocycles. The lowest BCUT2D eigenvalue weighted by molar-refractivity contribution is -0.150. The van der Waals surface area contributed by atoms with Gasteiger partial charge < -0.3 is 5.32 Å². The Hall–Kier alpha value is -0.290. The Morgan fingerprint density at radius 3 is 2.11 bits per heavy atom. The van der Waals surface area contributed by atoms with Crippen molar-refractivity contribution in [2.45, 2.75) is 65.2 Å². The molecule has 1 atom stereocenters. The maximum absolute atomic E-state index is 12.5. The highest BCUT2D eigenvalue weighted by atomic mass is 19.4. The summed E-state index contributed by atoms with van der Waals surface area (Å²) in [5.41, 5.74) is 0. The predicted octanol–water partition coefficient (Wildman–Crippen LogP) is 3.43. The number of nitrogens with zero attached hydrogens (tertiary/aromatic N) is 1. The van der Waals surface area contributed by atoms with Gasteiger partial charge in [-0.3, -0.25) is 4.90 Å². The first-order valence-electron chi connectivity index (χ1n) is 6.84. The summed E-state index contributed by atoms with van der Waals surface area (Å²) in [5.74, 6) is 0. The van der Waals surface area contributed by atoms with Crippen LogP contribution < -0.4 is 5.32 Å². The zero-order chi connectivity index (χ0) is 14.2. The molecule has 0 saturated carbocycles. The molecule has 0 spiro atoms. The molecule has 110 valence electrons. The summed E-state index contributed by atoms with van der Waals surface area (Å²) < 4.78 is 37.5. The second-order valence-electron chi connectivity index (χ2n) is 5.08. The van der Waals surface area contributed by atoms with Gasteiger partial charge in [0.2, 0.25) is 0 Å². The summed E-state index contributed by atoms with van der Waals surface area (Å²) in [6, 6.07) is 0.0640. The molecule has 0 aromatic carbocycles. The van der Waals surface area contributed by atoms with Crippen LogP contribution in [0.25, 0.3) is 0 Å². The summed E-state index contributed by atoms with van der Waals surface area (Å²) in [6.07, 6.45) is -1.21. The maximum atomic E-state index is 12.5. The van der Waals surface area contributed by atoms with Crippen molar-refractivity contribution in [3.63, 3.8) is 0 Å². The van der Waals surface area contributed by atoms with E-state index in [1.54, 1.807) is 0 Å². The number of halogens is 3. The highest BCUT2D eigenvalue weighted by Crippen LogP contribution is 2.18. The van der Waals surface area contributed by atoms with Crippen molar-refractivity contribution in [1.82, 2.24) is 10.2 Å². The number of rotatable bonds is 9. The van der Waals surface area contributed by atoms with E-state index in [1.165, 1.54) is 4.90 Å². The van der Waals surface area contributed by atoms with E-state index >= 15 is 0 Å². The first-order valence-corrected chi connectivity index (χ1v) is 6.84. The van der Waals surface area contributed by atoms with Gasteiger partial charge in [-0.1, -0.05) is 20.3 Å². The molecule has 0 saturated heterocycles. The van der Waals surface area contributed by atoms with Gasteiger partial charge in [-0.05, 0) is 33.2 Å². The molecular weight excluding hydrogens is 241 g/mol. The Labute approximate surface area is 109 Å². The maximum Gasteiger partial charge on any atom is 0.401 e. The van der Waals surface area contributed by atoms with E-state index in [9.17, 15) is 13.2 Å². The van der Waals surface area contributed by atoms with Gasteiger partial charge in [0.05, 0.1) is 6.54 Å². The smallest absolute Gasteiger partial charge is 0.313 e. The van der Waals surface area contributed by atoms with E-state index in [-0.39, 0.29) is 12.1 Å². The normalized spacial score (nSPS) is 14.5. The molecule has 0 fully saturated rings. The summed E-state index contributed by atoms with van der Waals surface area (Å²) >= 11 is 0. The van der Waals surface area contributed by atoms with Crippen LogP contribution in [0.4, 0.5) is 13.2 Å². The minimum Gasteiger partial charge on any atom is -0.313 e. The van der Waals surface area contributed by atoms with Crippen LogP contribution in [0, 0.1) is 0 Å². The molecule has 18 heavy (non-hydrogen) atoms. The highest BCUT2D eigenvalue weighted by Gasteiger charge is 2.32. The Morgan fingerprint density at radius 1 is 1.11 bits per heavy atom. The van der Waals surface area contributed by atoms with Crippen LogP contribution in [-0.4, -0.2) is 42.8 Å². The molecule has 1 N–H and O–H groups in total. The first kappa shape index (κ1) is 17.7. The van der Waals surface area contributed by atoms with Gasteiger partial charge in [0, 0.05) is 18.6 Å². The van der Waals surface area contributed by atoms with E-state index in [0.717, 1.165) is 25.8 Å². The van der Waals surface area contributed by atoms with E-state index < -0.39 is 12.7 Å². The fourth-order valence-corrected chi connectivity index (χ4v) is 1.93. The summed E-state index contributed by atoms with van der Waals surface area (Å²) in [6.45, 7) is 8.26. The van der Waals surface area contributed by atoms with Crippen LogP contribution in [0.15, 0.2) is 0 Å². The fourth-order valence-electron chi connectivity index (χ4n) is 1.93. The van der Waals surface area contributed by atoms with Gasteiger partial charge in [-0.2, -0.15) is 13.2 Å². The summed E-state index contributed by atoms with van der Waals surface area (Å²) in [7, 11) is 0. The van der Waals surface area contributed by atoms with E-state index in [1.807, 2.05) is 13.8 Å². The van der Waals surface area contributed by atoms with Crippen molar-refractivity contribution < 1.29 is 13.2 Å². The van der Waals surface area contributed by atoms with Crippen LogP contribution in [0.1, 0.15) is 47.0 Å². The lowest BCUT2D eigenvalue weighted by Crippen LogP contribution is -2.47. The van der Waals surface area contributed by atoms with Crippen molar-refractivity contribution in [1.29, 1.82) is 0 Å². The second-order valence-corrected chi connectivity index (χ2v) is 5.08. The van der Waals surface area contributed by atoms with Crippen molar-refractivity contribution in [2.24, 2.45) is 0 Å². The molecule has 0 aliphatic carbocycles. The minimum atomic E-state index is -4.12. The van der Waals surface area contributed by atoms with Crippen molar-refractivity contribution in [2.75, 3.05) is 19.6 Å². The van der Waals surface area contributed by atoms with Crippen LogP contribution in [-0.2, 0) is 0 Å². The SMILES string of the molecule is CCCNC(CCC)CN(CC(F)(F)F)C(C)C. The predicted molar refractivity (Wildman–Crippen MR) is 69.8 cm³/mol. The lowest BCUT2D eigenvalue weighted by Gasteiger charge is -2.31. The zero-order valence-electron chi connectivity index (χ0n) is 12.0. The quantitative estimate of drug-likeness (QED) is 0.689. The molecule has 0 aromatic heterocycles. The van der Waals surface area contributed by atoms with Crippen LogP contribution in [0.2, 0.25) is 0 Å². The average molecular weight is 268 g/mol. The molecule has 0 aliphatic heterocycles. The fraction of sp³-hybridized carbons (Fsp3) is 1.00. The number of hydrogen-bond acceptors (Lipinski definition) is 2. The van der Waals surface area contributed by atoms with Gasteiger partial charge in [-0.15, -0.1) is 0 Å². The number of alkyl halides is 3. The molecule has 0 radical (unpaired) electrons. The molecular formula is C13H27F3N2. The lowest BCUT2D eigenvalue weighted by atomic mass is 10.1. The van der Waals surface area contributed by atoms with Gasteiger partial charge in [0.1, 0.15) is 0 Å². The third-order valence-corrected chi connectivity index (χ3v) is 2.89. The Morgan fingerprint density at radius 2 is 1.72 bits per heavy atom. The highest BCUT2D eigenvalue weighted by molar-refractivity contribution is 4.76. The Kier molecular flexibility index (Phi) is 8.61. The van der Waals surface area contributed by atoms with Crippen molar-refractivity contribution in [3.8, 4) is 0 Å². The van der Waals surface area contributed by atoms with Gasteiger partial charge in [0.15, 0.2) is 0 Å². The van der Waals surface area contributed by atoms with Crippen LogP contribution in [0.3, 0.4) is 0 Å². The van der Waals surface area contributed by atoms with E-state index in [4.69, 9.17) is 0 Å². The van der Waals surface area contributed by atoms with Crippen LogP contribution >= 0.6 is 0 Å². The van der Waals surface area contributed by atoms with Crippen molar-refractivity contribution >= 4 is 0 Å². The second kappa shape index (κ2) is 8.75. The standard InChI is InChI=1S/C13H27F3N2/c1-5-7-12(17-8-6-2)9-18(11(3)4)10-13(14,15)16/h11-12,17H,5-10H2,1-4H3. The Balaban J connectivity index is 4.40. The first-order chi connectivity index (χ1) is 8.30. The molecule has 0 rings (SSSR count). The molecule has 1 unspecified atom stereocenters. The monoisotopic (exact) mass is 268 g/mol. The van der Waals surface area contributed by atoms with Gasteiger partial charge in [-0.25, -0.2) is 0 Å². The van der Waals surface area contributed by atoms with Gasteiger partial charge >= 0.3 is 6.18 Å². The summed E-state index contributed by atoms with van der Waals surface area (Å²) in [5, 5.41) is 3.33. The third kappa shape index (κ3) is 8.75. The molecule has 0 aromatic rings. The minimum absolute atomic E-state index is 0.0885. The average Bonchev–Trinajstić information content (AvgIpc) is 2.23. The molecule has 0 aliphatic rings.